The van der Waals surface area contributed by atoms with Gasteiger partial charge in [0.15, 0.2) is 15.6 Å². The van der Waals surface area contributed by atoms with Crippen LogP contribution in [-0.4, -0.2) is 25.7 Å². The molecule has 0 saturated heterocycles. The van der Waals surface area contributed by atoms with E-state index in [2.05, 4.69) is 0 Å². The summed E-state index contributed by atoms with van der Waals surface area (Å²) in [6.07, 6.45) is 1.51. The highest BCUT2D eigenvalue weighted by Crippen LogP contribution is 2.15. The molecular weight excluding hydrogens is 238 g/mol. The molecular formula is C12H13NO3S. The zero-order valence-corrected chi connectivity index (χ0v) is 10.5. The van der Waals surface area contributed by atoms with Crippen LogP contribution in [0, 0.1) is 11.3 Å². The van der Waals surface area contributed by atoms with Gasteiger partial charge < -0.3 is 0 Å². The Labute approximate surface area is 101 Å². The highest BCUT2D eigenvalue weighted by molar-refractivity contribution is 7.92. The molecule has 0 fully saturated rings. The molecule has 1 aromatic rings. The van der Waals surface area contributed by atoms with Crippen LogP contribution >= 0.6 is 0 Å². The average Bonchev–Trinajstić information content (AvgIpc) is 2.27. The first-order valence-corrected chi connectivity index (χ1v) is 7.07. The molecule has 1 atom stereocenters. The Morgan fingerprint density at radius 1 is 1.41 bits per heavy atom. The number of rotatable bonds is 4. The van der Waals surface area contributed by atoms with Crippen molar-refractivity contribution in [2.24, 2.45) is 0 Å². The van der Waals surface area contributed by atoms with Gasteiger partial charge in [-0.2, -0.15) is 5.26 Å². The Balaban J connectivity index is 3.26. The van der Waals surface area contributed by atoms with Gasteiger partial charge in [-0.1, -0.05) is 31.2 Å². The lowest BCUT2D eigenvalue weighted by molar-refractivity contribution is 0.1000. The Morgan fingerprint density at radius 2 is 2.00 bits per heavy atom. The zero-order chi connectivity index (χ0) is 13.1. The van der Waals surface area contributed by atoms with Crippen molar-refractivity contribution in [3.63, 3.8) is 0 Å². The number of nitrogens with zero attached hydrogens (tertiary/aromatic N) is 1. The van der Waals surface area contributed by atoms with Gasteiger partial charge in [0.25, 0.3) is 0 Å². The monoisotopic (exact) mass is 251 g/mol. The molecule has 0 saturated carbocycles. The van der Waals surface area contributed by atoms with Gasteiger partial charge in [0.2, 0.25) is 5.25 Å². The molecule has 0 aliphatic carbocycles. The topological polar surface area (TPSA) is 75.0 Å². The summed E-state index contributed by atoms with van der Waals surface area (Å²) >= 11 is 0. The van der Waals surface area contributed by atoms with E-state index in [-0.39, 0.29) is 0 Å². The maximum absolute atomic E-state index is 12.0. The Kier molecular flexibility index (Phi) is 4.02. The average molecular weight is 251 g/mol. The highest BCUT2D eigenvalue weighted by Gasteiger charge is 2.30. The van der Waals surface area contributed by atoms with Gasteiger partial charge in [-0.25, -0.2) is 8.42 Å². The molecule has 90 valence electrons. The third-order valence-corrected chi connectivity index (χ3v) is 3.62. The Bertz CT molecular complexity index is 570. The summed E-state index contributed by atoms with van der Waals surface area (Å²) in [5.74, 6) is -0.646. The second-order valence-corrected chi connectivity index (χ2v) is 5.84. The van der Waals surface area contributed by atoms with Gasteiger partial charge in [-0.3, -0.25) is 4.79 Å². The van der Waals surface area contributed by atoms with Crippen LogP contribution in [0.5, 0.6) is 0 Å². The molecule has 0 aromatic heterocycles. The van der Waals surface area contributed by atoms with Crippen LogP contribution in [0.4, 0.5) is 0 Å². The van der Waals surface area contributed by atoms with E-state index in [1.807, 2.05) is 6.92 Å². The smallest absolute Gasteiger partial charge is 0.210 e. The molecule has 0 bridgehead atoms. The van der Waals surface area contributed by atoms with Crippen molar-refractivity contribution < 1.29 is 13.2 Å². The van der Waals surface area contributed by atoms with Crippen LogP contribution in [0.15, 0.2) is 24.3 Å². The molecule has 0 heterocycles. The van der Waals surface area contributed by atoms with Crippen molar-refractivity contribution in [1.29, 1.82) is 5.26 Å². The number of hydrogen-bond donors (Lipinski definition) is 0. The molecule has 0 radical (unpaired) electrons. The van der Waals surface area contributed by atoms with Crippen LogP contribution in [0.1, 0.15) is 22.8 Å². The van der Waals surface area contributed by atoms with E-state index < -0.39 is 20.9 Å². The van der Waals surface area contributed by atoms with Crippen LogP contribution in [0.3, 0.4) is 0 Å². The molecule has 4 nitrogen and oxygen atoms in total. The molecule has 0 spiro atoms. The highest BCUT2D eigenvalue weighted by atomic mass is 32.2. The van der Waals surface area contributed by atoms with Gasteiger partial charge >= 0.3 is 0 Å². The van der Waals surface area contributed by atoms with E-state index in [0.717, 1.165) is 11.8 Å². The fraction of sp³-hybridized carbons (Fsp3) is 0.333. The third kappa shape index (κ3) is 2.92. The number of nitriles is 1. The Hall–Kier alpha value is -1.67. The standard InChI is InChI=1S/C12H13NO3S/c1-3-9-6-4-5-7-10(9)12(14)11(8-13)17(2,15)16/h4-7,11H,3H2,1-2H3. The van der Waals surface area contributed by atoms with Crippen LogP contribution in [0.25, 0.3) is 0 Å². The number of Topliss-reactive ketones (excluding diaryl/α,β-unsaturated/α-hetero) is 1. The second kappa shape index (κ2) is 5.11. The van der Waals surface area contributed by atoms with Gasteiger partial charge in [0, 0.05) is 11.8 Å². The Morgan fingerprint density at radius 3 is 2.47 bits per heavy atom. The lowest BCUT2D eigenvalue weighted by Gasteiger charge is -2.09. The summed E-state index contributed by atoms with van der Waals surface area (Å²) in [4.78, 5) is 12.0. The summed E-state index contributed by atoms with van der Waals surface area (Å²) in [7, 11) is -3.70. The first-order chi connectivity index (χ1) is 7.91. The quantitative estimate of drug-likeness (QED) is 0.757. The fourth-order valence-corrected chi connectivity index (χ4v) is 2.27. The minimum Gasteiger partial charge on any atom is -0.291 e. The number of carbonyl (C=O) groups excluding carboxylic acids is 1. The van der Waals surface area contributed by atoms with Crippen molar-refractivity contribution in [3.05, 3.63) is 35.4 Å². The van der Waals surface area contributed by atoms with Crippen LogP contribution < -0.4 is 0 Å². The third-order valence-electron chi connectivity index (χ3n) is 2.45. The molecule has 0 aliphatic heterocycles. The van der Waals surface area contributed by atoms with Crippen molar-refractivity contribution in [2.45, 2.75) is 18.6 Å². The molecule has 0 amide bonds. The van der Waals surface area contributed by atoms with Crippen molar-refractivity contribution in [2.75, 3.05) is 6.26 Å². The number of benzene rings is 1. The van der Waals surface area contributed by atoms with E-state index in [4.69, 9.17) is 5.26 Å². The van der Waals surface area contributed by atoms with Crippen molar-refractivity contribution >= 4 is 15.6 Å². The lowest BCUT2D eigenvalue weighted by atomic mass is 10.0. The normalized spacial score (nSPS) is 12.8. The molecule has 1 aromatic carbocycles. The van der Waals surface area contributed by atoms with Gasteiger partial charge in [0.05, 0.1) is 6.07 Å². The summed E-state index contributed by atoms with van der Waals surface area (Å²) < 4.78 is 22.7. The van der Waals surface area contributed by atoms with Crippen LogP contribution in [0.2, 0.25) is 0 Å². The second-order valence-electron chi connectivity index (χ2n) is 3.71. The van der Waals surface area contributed by atoms with E-state index in [1.165, 1.54) is 0 Å². The van der Waals surface area contributed by atoms with E-state index in [0.29, 0.717) is 12.0 Å². The largest absolute Gasteiger partial charge is 0.291 e. The summed E-state index contributed by atoms with van der Waals surface area (Å²) in [6, 6.07) is 8.29. The molecule has 0 N–H and O–H groups in total. The zero-order valence-electron chi connectivity index (χ0n) is 9.67. The number of ketones is 1. The molecule has 0 aliphatic rings. The lowest BCUT2D eigenvalue weighted by Crippen LogP contribution is -2.28. The predicted octanol–water partition coefficient (Wildman–Crippen LogP) is 1.37. The van der Waals surface area contributed by atoms with Gasteiger partial charge in [0.1, 0.15) is 0 Å². The minimum atomic E-state index is -3.70. The van der Waals surface area contributed by atoms with E-state index in [9.17, 15) is 13.2 Å². The number of hydrogen-bond acceptors (Lipinski definition) is 4. The van der Waals surface area contributed by atoms with Crippen molar-refractivity contribution in [3.8, 4) is 6.07 Å². The van der Waals surface area contributed by atoms with Gasteiger partial charge in [-0.15, -0.1) is 0 Å². The summed E-state index contributed by atoms with van der Waals surface area (Å²) in [5, 5.41) is 7.19. The van der Waals surface area contributed by atoms with E-state index in [1.54, 1.807) is 30.3 Å². The number of aryl methyl sites for hydroxylation is 1. The number of sulfone groups is 1. The molecule has 1 unspecified atom stereocenters. The molecule has 17 heavy (non-hydrogen) atoms. The molecule has 5 heteroatoms. The van der Waals surface area contributed by atoms with Gasteiger partial charge in [-0.05, 0) is 12.0 Å². The first-order valence-electron chi connectivity index (χ1n) is 5.12. The first kappa shape index (κ1) is 13.4. The summed E-state index contributed by atoms with van der Waals surface area (Å²) in [6.45, 7) is 1.87. The van der Waals surface area contributed by atoms with Crippen molar-refractivity contribution in [1.82, 2.24) is 0 Å². The maximum atomic E-state index is 12.0. The summed E-state index contributed by atoms with van der Waals surface area (Å²) in [5.41, 5.74) is 1.06. The number of carbonyl (C=O) groups is 1. The minimum absolute atomic E-state index is 0.312. The van der Waals surface area contributed by atoms with E-state index >= 15 is 0 Å². The predicted molar refractivity (Wildman–Crippen MR) is 64.4 cm³/mol. The SMILES string of the molecule is CCc1ccccc1C(=O)C(C#N)S(C)(=O)=O. The van der Waals surface area contributed by atoms with Crippen LogP contribution in [-0.2, 0) is 16.3 Å². The maximum Gasteiger partial charge on any atom is 0.210 e. The fourth-order valence-electron chi connectivity index (χ4n) is 1.56. The molecule has 1 rings (SSSR count).